The van der Waals surface area contributed by atoms with Gasteiger partial charge >= 0.3 is 0 Å². The molecule has 154 valence electrons. The van der Waals surface area contributed by atoms with E-state index in [0.29, 0.717) is 6.04 Å². The van der Waals surface area contributed by atoms with Gasteiger partial charge in [0, 0.05) is 31.6 Å². The summed E-state index contributed by atoms with van der Waals surface area (Å²) < 4.78 is 0. The van der Waals surface area contributed by atoms with Gasteiger partial charge in [-0.3, -0.25) is 9.89 Å². The summed E-state index contributed by atoms with van der Waals surface area (Å²) >= 11 is 1.87. The van der Waals surface area contributed by atoms with Gasteiger partial charge in [-0.05, 0) is 69.2 Å². The van der Waals surface area contributed by atoms with Crippen molar-refractivity contribution in [1.82, 2.24) is 20.4 Å². The summed E-state index contributed by atoms with van der Waals surface area (Å²) in [5.41, 5.74) is 0. The van der Waals surface area contributed by atoms with Crippen LogP contribution in [0.3, 0.4) is 0 Å². The largest absolute Gasteiger partial charge is 0.356 e. The topological polar surface area (TPSA) is 42.9 Å². The van der Waals surface area contributed by atoms with E-state index in [2.05, 4.69) is 49.9 Å². The Morgan fingerprint density at radius 3 is 2.74 bits per heavy atom. The summed E-state index contributed by atoms with van der Waals surface area (Å²) in [6.07, 6.45) is 5.29. The quantitative estimate of drug-likeness (QED) is 0.339. The van der Waals surface area contributed by atoms with Crippen LogP contribution in [0.2, 0.25) is 0 Å². The lowest BCUT2D eigenvalue weighted by Crippen LogP contribution is -2.46. The number of guanidine groups is 1. The van der Waals surface area contributed by atoms with Gasteiger partial charge in [0.05, 0.1) is 6.04 Å². The van der Waals surface area contributed by atoms with Gasteiger partial charge in [-0.15, -0.1) is 35.3 Å². The van der Waals surface area contributed by atoms with Crippen molar-refractivity contribution in [2.24, 2.45) is 10.9 Å². The van der Waals surface area contributed by atoms with E-state index in [0.717, 1.165) is 25.0 Å². The molecular weight excluding hydrogens is 469 g/mol. The maximum atomic E-state index is 4.46. The van der Waals surface area contributed by atoms with Crippen LogP contribution in [0.15, 0.2) is 22.5 Å². The van der Waals surface area contributed by atoms with Crippen LogP contribution < -0.4 is 10.6 Å². The minimum atomic E-state index is 0. The number of hydrogen-bond donors (Lipinski definition) is 2. The van der Waals surface area contributed by atoms with Gasteiger partial charge in [0.15, 0.2) is 5.96 Å². The minimum Gasteiger partial charge on any atom is -0.356 e. The summed E-state index contributed by atoms with van der Waals surface area (Å²) in [6.45, 7) is 10.3. The summed E-state index contributed by atoms with van der Waals surface area (Å²) in [4.78, 5) is 11.1. The first kappa shape index (κ1) is 22.9. The molecule has 0 aromatic carbocycles. The predicted octanol–water partition coefficient (Wildman–Crippen LogP) is 3.40. The van der Waals surface area contributed by atoms with E-state index in [9.17, 15) is 0 Å². The maximum Gasteiger partial charge on any atom is 0.191 e. The Morgan fingerprint density at radius 1 is 1.26 bits per heavy atom. The molecule has 2 aliphatic heterocycles. The normalized spacial score (nSPS) is 23.0. The molecule has 0 amide bonds. The van der Waals surface area contributed by atoms with Gasteiger partial charge in [-0.1, -0.05) is 13.0 Å². The van der Waals surface area contributed by atoms with E-state index < -0.39 is 0 Å². The number of halogens is 1. The maximum absolute atomic E-state index is 4.46. The fraction of sp³-hybridized carbons (Fsp3) is 0.750. The second-order valence-electron chi connectivity index (χ2n) is 7.51. The molecule has 0 saturated carbocycles. The Hall–Kier alpha value is -0.380. The smallest absolute Gasteiger partial charge is 0.191 e. The van der Waals surface area contributed by atoms with Crippen LogP contribution in [0, 0.1) is 5.92 Å². The van der Waals surface area contributed by atoms with Crippen molar-refractivity contribution in [3.63, 3.8) is 0 Å². The van der Waals surface area contributed by atoms with Gasteiger partial charge < -0.3 is 15.5 Å². The highest BCUT2D eigenvalue weighted by Gasteiger charge is 2.24. The Morgan fingerprint density at radius 2 is 2.07 bits per heavy atom. The van der Waals surface area contributed by atoms with Crippen molar-refractivity contribution in [2.75, 3.05) is 52.9 Å². The molecule has 2 N–H and O–H groups in total. The zero-order valence-electron chi connectivity index (χ0n) is 16.8. The second-order valence-corrected chi connectivity index (χ2v) is 8.49. The number of likely N-dealkylation sites (tertiary alicyclic amines) is 2. The highest BCUT2D eigenvalue weighted by molar-refractivity contribution is 14.0. The van der Waals surface area contributed by atoms with Crippen molar-refractivity contribution in [3.8, 4) is 0 Å². The summed E-state index contributed by atoms with van der Waals surface area (Å²) in [7, 11) is 1.88. The SMILES string of the molecule is CCN1CCCC(CNC(=NC)NCC(c2cccs2)N2CCCC2)C1.I. The zero-order chi connectivity index (χ0) is 18.2. The Kier molecular flexibility index (Phi) is 10.4. The molecule has 5 nitrogen and oxygen atoms in total. The highest BCUT2D eigenvalue weighted by Crippen LogP contribution is 2.27. The number of thiophene rings is 1. The number of aliphatic imine (C=N–C) groups is 1. The first-order valence-electron chi connectivity index (χ1n) is 10.2. The second kappa shape index (κ2) is 12.2. The van der Waals surface area contributed by atoms with Crippen LogP contribution in [-0.2, 0) is 0 Å². The van der Waals surface area contributed by atoms with Crippen molar-refractivity contribution in [2.45, 2.75) is 38.6 Å². The molecule has 2 aliphatic rings. The molecule has 0 radical (unpaired) electrons. The first-order valence-corrected chi connectivity index (χ1v) is 11.1. The molecule has 3 rings (SSSR count). The molecule has 3 heterocycles. The standard InChI is InChI=1S/C20H35N5S.HI/c1-3-24-10-6-8-17(16-24)14-22-20(21-2)23-15-18(19-9-7-13-26-19)25-11-4-5-12-25;/h7,9,13,17-18H,3-6,8,10-12,14-16H2,1-2H3,(H2,21,22,23);1H. The van der Waals surface area contributed by atoms with Crippen LogP contribution in [0.1, 0.15) is 43.5 Å². The lowest BCUT2D eigenvalue weighted by molar-refractivity contribution is 0.183. The van der Waals surface area contributed by atoms with Crippen molar-refractivity contribution in [3.05, 3.63) is 22.4 Å². The molecule has 0 aliphatic carbocycles. The predicted molar refractivity (Wildman–Crippen MR) is 127 cm³/mol. The lowest BCUT2D eigenvalue weighted by Gasteiger charge is -2.32. The van der Waals surface area contributed by atoms with Gasteiger partial charge in [0.1, 0.15) is 0 Å². The van der Waals surface area contributed by atoms with E-state index in [4.69, 9.17) is 0 Å². The molecule has 27 heavy (non-hydrogen) atoms. The monoisotopic (exact) mass is 505 g/mol. The van der Waals surface area contributed by atoms with Gasteiger partial charge in [0.2, 0.25) is 0 Å². The van der Waals surface area contributed by atoms with E-state index in [1.54, 1.807) is 0 Å². The van der Waals surface area contributed by atoms with Crippen LogP contribution in [0.4, 0.5) is 0 Å². The molecule has 2 atom stereocenters. The molecular formula is C20H36IN5S. The molecule has 0 spiro atoms. The van der Waals surface area contributed by atoms with E-state index in [1.807, 2.05) is 18.4 Å². The van der Waals surface area contributed by atoms with Crippen LogP contribution >= 0.6 is 35.3 Å². The third-order valence-corrected chi connectivity index (χ3v) is 6.72. The fourth-order valence-electron chi connectivity index (χ4n) is 4.20. The molecule has 2 unspecified atom stereocenters. The van der Waals surface area contributed by atoms with Crippen molar-refractivity contribution >= 4 is 41.3 Å². The van der Waals surface area contributed by atoms with Crippen molar-refractivity contribution < 1.29 is 0 Å². The number of nitrogens with zero attached hydrogens (tertiary/aromatic N) is 3. The highest BCUT2D eigenvalue weighted by atomic mass is 127. The average Bonchev–Trinajstić information content (AvgIpc) is 3.39. The molecule has 2 saturated heterocycles. The molecule has 1 aromatic rings. The van der Waals surface area contributed by atoms with Crippen LogP contribution in [0.25, 0.3) is 0 Å². The van der Waals surface area contributed by atoms with Gasteiger partial charge in [-0.2, -0.15) is 0 Å². The summed E-state index contributed by atoms with van der Waals surface area (Å²) in [6, 6.07) is 4.90. The third kappa shape index (κ3) is 6.87. The number of rotatable bonds is 7. The average molecular weight is 506 g/mol. The van der Waals surface area contributed by atoms with E-state index in [-0.39, 0.29) is 24.0 Å². The Bertz CT molecular complexity index is 545. The van der Waals surface area contributed by atoms with Gasteiger partial charge in [-0.25, -0.2) is 0 Å². The molecule has 0 bridgehead atoms. The minimum absolute atomic E-state index is 0. The molecule has 2 fully saturated rings. The van der Waals surface area contributed by atoms with Crippen LogP contribution in [0.5, 0.6) is 0 Å². The summed E-state index contributed by atoms with van der Waals surface area (Å²) in [5, 5.41) is 9.35. The number of piperidine rings is 1. The Balaban J connectivity index is 0.00000261. The Labute approximate surface area is 186 Å². The molecule has 7 heteroatoms. The zero-order valence-corrected chi connectivity index (χ0v) is 20.0. The number of nitrogens with one attached hydrogen (secondary N) is 2. The van der Waals surface area contributed by atoms with Gasteiger partial charge in [0.25, 0.3) is 0 Å². The van der Waals surface area contributed by atoms with Crippen LogP contribution in [-0.4, -0.2) is 68.6 Å². The molecule has 1 aromatic heterocycles. The van der Waals surface area contributed by atoms with E-state index >= 15 is 0 Å². The fourth-order valence-corrected chi connectivity index (χ4v) is 5.06. The number of hydrogen-bond acceptors (Lipinski definition) is 4. The van der Waals surface area contributed by atoms with Crippen molar-refractivity contribution in [1.29, 1.82) is 0 Å². The summed E-state index contributed by atoms with van der Waals surface area (Å²) in [5.74, 6) is 1.67. The lowest BCUT2D eigenvalue weighted by atomic mass is 9.98. The first-order chi connectivity index (χ1) is 12.8. The third-order valence-electron chi connectivity index (χ3n) is 5.75. The van der Waals surface area contributed by atoms with E-state index in [1.165, 1.54) is 63.3 Å².